The Balaban J connectivity index is 3.05. The smallest absolute Gasteiger partial charge is 0.287 e. The Morgan fingerprint density at radius 1 is 1.88 bits per heavy atom. The van der Waals surface area contributed by atoms with Crippen LogP contribution < -0.4 is 0 Å². The lowest BCUT2D eigenvalue weighted by molar-refractivity contribution is 0.913. The molecule has 0 fully saturated rings. The molecule has 0 unspecified atom stereocenters. The highest BCUT2D eigenvalue weighted by Gasteiger charge is 1.90. The molecule has 0 aliphatic rings. The van der Waals surface area contributed by atoms with E-state index in [1.807, 2.05) is 7.05 Å². The van der Waals surface area contributed by atoms with E-state index in [0.717, 1.165) is 0 Å². The van der Waals surface area contributed by atoms with Crippen LogP contribution in [0.5, 0.6) is 0 Å². The van der Waals surface area contributed by atoms with Crippen molar-refractivity contribution in [2.75, 3.05) is 0 Å². The van der Waals surface area contributed by atoms with E-state index in [0.29, 0.717) is 5.82 Å². The second kappa shape index (κ2) is 1.66. The molecule has 0 saturated heterocycles. The lowest BCUT2D eigenvalue weighted by Gasteiger charge is -1.77. The van der Waals surface area contributed by atoms with Crippen LogP contribution in [0.1, 0.15) is 0 Å². The highest BCUT2D eigenvalue weighted by Crippen LogP contribution is 2.03. The van der Waals surface area contributed by atoms with E-state index in [9.17, 15) is 0 Å². The maximum atomic E-state index is 6.51. The summed E-state index contributed by atoms with van der Waals surface area (Å²) in [5.41, 5.74) is 0. The van der Waals surface area contributed by atoms with Gasteiger partial charge in [0, 0.05) is 13.2 Å². The summed E-state index contributed by atoms with van der Waals surface area (Å²) in [6.07, 6.45) is 3.28. The van der Waals surface area contributed by atoms with Crippen molar-refractivity contribution in [3.63, 3.8) is 0 Å². The molecule has 40 valence electrons. The molecule has 0 aliphatic heterocycles. The first-order valence-corrected chi connectivity index (χ1v) is 2.18. The normalized spacial score (nSPS) is 8.50. The third kappa shape index (κ3) is 0.684. The first-order valence-electron chi connectivity index (χ1n) is 2.18. The van der Waals surface area contributed by atoms with E-state index in [-0.39, 0.29) is 0 Å². The van der Waals surface area contributed by atoms with Gasteiger partial charge in [0.15, 0.2) is 6.33 Å². The van der Waals surface area contributed by atoms with Crippen molar-refractivity contribution in [2.24, 2.45) is 7.05 Å². The van der Waals surface area contributed by atoms with E-state index in [1.165, 1.54) is 0 Å². The summed E-state index contributed by atoms with van der Waals surface area (Å²) in [6.45, 7) is 6.51. The standard InChI is InChI=1S/C5H5N3/c1-6-5-3-8(2)4-7-5/h3-4H,2H3. The zero-order chi connectivity index (χ0) is 5.98. The Morgan fingerprint density at radius 3 is 2.88 bits per heavy atom. The molecule has 0 radical (unpaired) electrons. The Bertz CT molecular complexity index is 218. The predicted molar refractivity (Wildman–Crippen MR) is 29.5 cm³/mol. The number of hydrogen-bond acceptors (Lipinski definition) is 1. The molecule has 0 spiro atoms. The van der Waals surface area contributed by atoms with Gasteiger partial charge in [0.05, 0.1) is 0 Å². The number of aryl methyl sites for hydroxylation is 1. The summed E-state index contributed by atoms with van der Waals surface area (Å²) in [5, 5.41) is 0. The molecule has 0 aromatic carbocycles. The number of hydrogen-bond donors (Lipinski definition) is 0. The molecule has 3 heteroatoms. The van der Waals surface area contributed by atoms with Crippen LogP contribution in [0.25, 0.3) is 4.85 Å². The quantitative estimate of drug-likeness (QED) is 0.453. The monoisotopic (exact) mass is 107 g/mol. The second-order valence-corrected chi connectivity index (χ2v) is 1.51. The Hall–Kier alpha value is -1.30. The van der Waals surface area contributed by atoms with Gasteiger partial charge in [-0.05, 0) is 0 Å². The van der Waals surface area contributed by atoms with Crippen LogP contribution >= 0.6 is 0 Å². The van der Waals surface area contributed by atoms with Gasteiger partial charge in [-0.3, -0.25) is 0 Å². The molecule has 0 N–H and O–H groups in total. The van der Waals surface area contributed by atoms with Gasteiger partial charge in [0.1, 0.15) is 0 Å². The fraction of sp³-hybridized carbons (Fsp3) is 0.200. The van der Waals surface area contributed by atoms with Crippen LogP contribution in [0.2, 0.25) is 0 Å². The fourth-order valence-corrected chi connectivity index (χ4v) is 0.457. The van der Waals surface area contributed by atoms with Crippen molar-refractivity contribution in [3.8, 4) is 0 Å². The maximum Gasteiger partial charge on any atom is 0.287 e. The molecule has 0 saturated carbocycles. The summed E-state index contributed by atoms with van der Waals surface area (Å²) in [4.78, 5) is 6.85. The Morgan fingerprint density at radius 2 is 2.62 bits per heavy atom. The van der Waals surface area contributed by atoms with Gasteiger partial charge in [-0.25, -0.2) is 0 Å². The molecule has 1 rings (SSSR count). The van der Waals surface area contributed by atoms with E-state index in [2.05, 4.69) is 9.83 Å². The zero-order valence-corrected chi connectivity index (χ0v) is 4.50. The van der Waals surface area contributed by atoms with Gasteiger partial charge in [0.2, 0.25) is 0 Å². The topological polar surface area (TPSA) is 22.2 Å². The molecule has 0 amide bonds. The van der Waals surface area contributed by atoms with Crippen molar-refractivity contribution in [1.29, 1.82) is 0 Å². The highest BCUT2D eigenvalue weighted by atomic mass is 15.0. The highest BCUT2D eigenvalue weighted by molar-refractivity contribution is 5.31. The number of aromatic nitrogens is 2. The van der Waals surface area contributed by atoms with Crippen molar-refractivity contribution >= 4 is 5.82 Å². The van der Waals surface area contributed by atoms with E-state index >= 15 is 0 Å². The molecular weight excluding hydrogens is 102 g/mol. The largest absolute Gasteiger partial charge is 0.359 e. The molecule has 0 bridgehead atoms. The minimum Gasteiger partial charge on any atom is -0.359 e. The summed E-state index contributed by atoms with van der Waals surface area (Å²) in [6, 6.07) is 0. The summed E-state index contributed by atoms with van der Waals surface area (Å²) < 4.78 is 1.74. The van der Waals surface area contributed by atoms with Gasteiger partial charge in [-0.2, -0.15) is 0 Å². The van der Waals surface area contributed by atoms with Crippen molar-refractivity contribution < 1.29 is 0 Å². The van der Waals surface area contributed by atoms with Crippen LogP contribution in [-0.4, -0.2) is 9.55 Å². The van der Waals surface area contributed by atoms with Crippen LogP contribution in [0.3, 0.4) is 0 Å². The number of nitrogens with zero attached hydrogens (tertiary/aromatic N) is 3. The Kier molecular flexibility index (Phi) is 1.01. The van der Waals surface area contributed by atoms with Crippen LogP contribution in [0, 0.1) is 6.57 Å². The first-order chi connectivity index (χ1) is 3.83. The number of imidazole rings is 1. The molecule has 0 aliphatic carbocycles. The Labute approximate surface area is 47.4 Å². The molecular formula is C5H5N3. The lowest BCUT2D eigenvalue weighted by atomic mass is 10.8. The zero-order valence-electron chi connectivity index (χ0n) is 4.50. The minimum atomic E-state index is 0.451. The first kappa shape index (κ1) is 4.85. The average Bonchev–Trinajstić information content (AvgIpc) is 2.14. The number of rotatable bonds is 0. The summed E-state index contributed by atoms with van der Waals surface area (Å²) >= 11 is 0. The average molecular weight is 107 g/mol. The molecule has 1 aromatic rings. The van der Waals surface area contributed by atoms with Crippen molar-refractivity contribution in [3.05, 3.63) is 23.9 Å². The van der Waals surface area contributed by atoms with E-state index in [4.69, 9.17) is 6.57 Å². The van der Waals surface area contributed by atoms with E-state index < -0.39 is 0 Å². The van der Waals surface area contributed by atoms with E-state index in [1.54, 1.807) is 17.1 Å². The molecule has 1 heterocycles. The van der Waals surface area contributed by atoms with Gasteiger partial charge >= 0.3 is 0 Å². The lowest BCUT2D eigenvalue weighted by Crippen LogP contribution is -1.76. The maximum absolute atomic E-state index is 6.51. The van der Waals surface area contributed by atoms with Crippen LogP contribution in [0.15, 0.2) is 12.5 Å². The van der Waals surface area contributed by atoms with Crippen LogP contribution in [-0.2, 0) is 7.05 Å². The molecule has 3 nitrogen and oxygen atoms in total. The van der Waals surface area contributed by atoms with Crippen molar-refractivity contribution in [1.82, 2.24) is 9.55 Å². The van der Waals surface area contributed by atoms with Gasteiger partial charge in [-0.15, -0.1) is 4.98 Å². The summed E-state index contributed by atoms with van der Waals surface area (Å²) in [7, 11) is 1.84. The third-order valence-electron chi connectivity index (χ3n) is 0.806. The summed E-state index contributed by atoms with van der Waals surface area (Å²) in [5.74, 6) is 0.451. The van der Waals surface area contributed by atoms with Gasteiger partial charge < -0.3 is 9.41 Å². The fourth-order valence-electron chi connectivity index (χ4n) is 0.457. The molecule has 1 aromatic heterocycles. The van der Waals surface area contributed by atoms with Gasteiger partial charge in [-0.1, -0.05) is 6.57 Å². The second-order valence-electron chi connectivity index (χ2n) is 1.51. The molecule has 8 heavy (non-hydrogen) atoms. The van der Waals surface area contributed by atoms with Gasteiger partial charge in [0.25, 0.3) is 5.82 Å². The van der Waals surface area contributed by atoms with Crippen molar-refractivity contribution in [2.45, 2.75) is 0 Å². The third-order valence-corrected chi connectivity index (χ3v) is 0.806. The SMILES string of the molecule is [C-]#[N+]c1cn(C)cn1. The molecule has 0 atom stereocenters. The minimum absolute atomic E-state index is 0.451. The predicted octanol–water partition coefficient (Wildman–Crippen LogP) is 0.971. The van der Waals surface area contributed by atoms with Crippen LogP contribution in [0.4, 0.5) is 5.82 Å².